The van der Waals surface area contributed by atoms with Crippen LogP contribution in [0, 0.1) is 5.92 Å². The molecule has 1 aliphatic rings. The number of carbonyl (C=O) groups is 1. The number of ether oxygens (including phenoxy) is 1. The highest BCUT2D eigenvalue weighted by atomic mass is 32.1. The average Bonchev–Trinajstić information content (AvgIpc) is 2.97. The van der Waals surface area contributed by atoms with Crippen LogP contribution in [0.1, 0.15) is 12.8 Å². The molecule has 0 radical (unpaired) electrons. The Morgan fingerprint density at radius 3 is 2.75 bits per heavy atom. The minimum atomic E-state index is 0.0489. The summed E-state index contributed by atoms with van der Waals surface area (Å²) in [6.45, 7) is 1.34. The lowest BCUT2D eigenvalue weighted by Gasteiger charge is -2.20. The summed E-state index contributed by atoms with van der Waals surface area (Å²) in [5.41, 5.74) is 1.97. The van der Waals surface area contributed by atoms with E-state index in [-0.39, 0.29) is 11.8 Å². The van der Waals surface area contributed by atoms with Gasteiger partial charge in [-0.3, -0.25) is 4.79 Å². The van der Waals surface area contributed by atoms with Crippen molar-refractivity contribution in [2.24, 2.45) is 5.92 Å². The fraction of sp³-hybridized carbons (Fsp3) is 0.333. The van der Waals surface area contributed by atoms with E-state index in [1.807, 2.05) is 35.7 Å². The minimum Gasteiger partial charge on any atom is -0.381 e. The molecule has 5 heteroatoms. The van der Waals surface area contributed by atoms with Crippen LogP contribution < -0.4 is 5.32 Å². The van der Waals surface area contributed by atoms with Crippen molar-refractivity contribution in [3.63, 3.8) is 0 Å². The molecular weight excluding hydrogens is 272 g/mol. The van der Waals surface area contributed by atoms with Crippen molar-refractivity contribution >= 4 is 22.4 Å². The number of amides is 1. The molecule has 1 aromatic heterocycles. The molecule has 1 N–H and O–H groups in total. The van der Waals surface area contributed by atoms with Gasteiger partial charge in [-0.25, -0.2) is 4.98 Å². The second-order valence-corrected chi connectivity index (χ2v) is 5.64. The largest absolute Gasteiger partial charge is 0.381 e. The Kier molecular flexibility index (Phi) is 4.08. The highest BCUT2D eigenvalue weighted by Crippen LogP contribution is 2.25. The Balaban J connectivity index is 1.66. The van der Waals surface area contributed by atoms with Crippen LogP contribution in [0.25, 0.3) is 11.3 Å². The molecule has 0 unspecified atom stereocenters. The molecule has 0 bridgehead atoms. The van der Waals surface area contributed by atoms with E-state index in [2.05, 4.69) is 10.3 Å². The molecule has 1 aliphatic heterocycles. The molecule has 1 aromatic carbocycles. The maximum atomic E-state index is 12.1. The predicted octanol–water partition coefficient (Wildman–Crippen LogP) is 3.18. The average molecular weight is 288 g/mol. The van der Waals surface area contributed by atoms with Crippen molar-refractivity contribution in [2.75, 3.05) is 18.5 Å². The number of rotatable bonds is 3. The van der Waals surface area contributed by atoms with Crippen molar-refractivity contribution in [2.45, 2.75) is 12.8 Å². The smallest absolute Gasteiger partial charge is 0.229 e. The molecule has 4 nitrogen and oxygen atoms in total. The van der Waals surface area contributed by atoms with Crippen LogP contribution >= 0.6 is 11.3 Å². The Bertz CT molecular complexity index is 577. The number of aromatic nitrogens is 1. The number of thiazole rings is 1. The van der Waals surface area contributed by atoms with Crippen molar-refractivity contribution in [1.82, 2.24) is 4.98 Å². The van der Waals surface area contributed by atoms with Gasteiger partial charge in [0.05, 0.1) is 5.69 Å². The first-order valence-electron chi connectivity index (χ1n) is 6.72. The number of anilines is 1. The second kappa shape index (κ2) is 6.15. The van der Waals surface area contributed by atoms with Gasteiger partial charge in [0.15, 0.2) is 5.13 Å². The standard InChI is InChI=1S/C15H16N2O2S/c18-14(12-6-8-19-9-7-12)17-15-16-13(10-20-15)11-4-2-1-3-5-11/h1-5,10,12H,6-9H2,(H,16,17,18). The Labute approximate surface area is 121 Å². The molecule has 0 spiro atoms. The normalized spacial score (nSPS) is 16.0. The maximum absolute atomic E-state index is 12.1. The van der Waals surface area contributed by atoms with Crippen LogP contribution in [0.15, 0.2) is 35.7 Å². The van der Waals surface area contributed by atoms with Crippen LogP contribution in [0.5, 0.6) is 0 Å². The SMILES string of the molecule is O=C(Nc1nc(-c2ccccc2)cs1)C1CCOCC1. The summed E-state index contributed by atoms with van der Waals surface area (Å²) < 4.78 is 5.27. The van der Waals surface area contributed by atoms with Gasteiger partial charge in [-0.15, -0.1) is 11.3 Å². The molecule has 1 amide bonds. The third-order valence-electron chi connectivity index (χ3n) is 3.40. The Morgan fingerprint density at radius 2 is 2.00 bits per heavy atom. The van der Waals surface area contributed by atoms with Crippen molar-refractivity contribution in [3.8, 4) is 11.3 Å². The van der Waals surface area contributed by atoms with Gasteiger partial charge in [0, 0.05) is 30.1 Å². The van der Waals surface area contributed by atoms with E-state index >= 15 is 0 Å². The van der Waals surface area contributed by atoms with Crippen LogP contribution in [-0.2, 0) is 9.53 Å². The van der Waals surface area contributed by atoms with E-state index in [0.29, 0.717) is 18.3 Å². The van der Waals surface area contributed by atoms with Gasteiger partial charge in [0.1, 0.15) is 0 Å². The van der Waals surface area contributed by atoms with Gasteiger partial charge in [-0.1, -0.05) is 30.3 Å². The molecule has 2 heterocycles. The Morgan fingerprint density at radius 1 is 1.25 bits per heavy atom. The highest BCUT2D eigenvalue weighted by molar-refractivity contribution is 7.14. The predicted molar refractivity (Wildman–Crippen MR) is 79.7 cm³/mol. The monoisotopic (exact) mass is 288 g/mol. The summed E-state index contributed by atoms with van der Waals surface area (Å²) in [5, 5.41) is 5.55. The van der Waals surface area contributed by atoms with Crippen molar-refractivity contribution < 1.29 is 9.53 Å². The minimum absolute atomic E-state index is 0.0489. The van der Waals surface area contributed by atoms with Crippen LogP contribution in [0.2, 0.25) is 0 Å². The van der Waals surface area contributed by atoms with E-state index in [4.69, 9.17) is 4.74 Å². The lowest BCUT2D eigenvalue weighted by Crippen LogP contribution is -2.28. The highest BCUT2D eigenvalue weighted by Gasteiger charge is 2.22. The third kappa shape index (κ3) is 3.05. The molecule has 2 aromatic rings. The molecule has 20 heavy (non-hydrogen) atoms. The number of benzene rings is 1. The first-order chi connectivity index (χ1) is 9.83. The summed E-state index contributed by atoms with van der Waals surface area (Å²) in [7, 11) is 0. The van der Waals surface area contributed by atoms with E-state index in [1.54, 1.807) is 0 Å². The topological polar surface area (TPSA) is 51.2 Å². The van der Waals surface area contributed by atoms with Crippen molar-refractivity contribution in [3.05, 3.63) is 35.7 Å². The van der Waals surface area contributed by atoms with Gasteiger partial charge >= 0.3 is 0 Å². The summed E-state index contributed by atoms with van der Waals surface area (Å²) in [6.07, 6.45) is 1.59. The summed E-state index contributed by atoms with van der Waals surface area (Å²) in [5.74, 6) is 0.107. The van der Waals surface area contributed by atoms with Crippen LogP contribution in [0.3, 0.4) is 0 Å². The summed E-state index contributed by atoms with van der Waals surface area (Å²) >= 11 is 1.46. The molecule has 3 rings (SSSR count). The van der Waals surface area contributed by atoms with E-state index in [0.717, 1.165) is 24.1 Å². The number of carbonyl (C=O) groups excluding carboxylic acids is 1. The van der Waals surface area contributed by atoms with Crippen LogP contribution in [0.4, 0.5) is 5.13 Å². The van der Waals surface area contributed by atoms with E-state index in [1.165, 1.54) is 11.3 Å². The number of hydrogen-bond acceptors (Lipinski definition) is 4. The molecular formula is C15H16N2O2S. The van der Waals surface area contributed by atoms with Gasteiger partial charge < -0.3 is 10.1 Å². The quantitative estimate of drug-likeness (QED) is 0.943. The van der Waals surface area contributed by atoms with E-state index < -0.39 is 0 Å². The zero-order chi connectivity index (χ0) is 13.8. The second-order valence-electron chi connectivity index (χ2n) is 4.78. The van der Waals surface area contributed by atoms with Crippen molar-refractivity contribution in [1.29, 1.82) is 0 Å². The first-order valence-corrected chi connectivity index (χ1v) is 7.60. The van der Waals surface area contributed by atoms with Gasteiger partial charge in [-0.05, 0) is 12.8 Å². The van der Waals surface area contributed by atoms with Gasteiger partial charge in [0.25, 0.3) is 0 Å². The molecule has 0 aliphatic carbocycles. The maximum Gasteiger partial charge on any atom is 0.229 e. The Hall–Kier alpha value is -1.72. The zero-order valence-corrected chi connectivity index (χ0v) is 11.9. The molecule has 0 atom stereocenters. The fourth-order valence-corrected chi connectivity index (χ4v) is 2.96. The zero-order valence-electron chi connectivity index (χ0n) is 11.0. The number of nitrogens with zero attached hydrogens (tertiary/aromatic N) is 1. The lowest BCUT2D eigenvalue weighted by molar-refractivity contribution is -0.122. The number of nitrogens with one attached hydrogen (secondary N) is 1. The number of hydrogen-bond donors (Lipinski definition) is 1. The van der Waals surface area contributed by atoms with E-state index in [9.17, 15) is 4.79 Å². The summed E-state index contributed by atoms with van der Waals surface area (Å²) in [4.78, 5) is 16.6. The molecule has 1 saturated heterocycles. The molecule has 0 saturated carbocycles. The molecule has 1 fully saturated rings. The van der Waals surface area contributed by atoms with Crippen LogP contribution in [-0.4, -0.2) is 24.1 Å². The van der Waals surface area contributed by atoms with Gasteiger partial charge in [0.2, 0.25) is 5.91 Å². The third-order valence-corrected chi connectivity index (χ3v) is 4.15. The lowest BCUT2D eigenvalue weighted by atomic mass is 10.00. The summed E-state index contributed by atoms with van der Waals surface area (Å²) in [6, 6.07) is 9.96. The fourth-order valence-electron chi connectivity index (χ4n) is 2.24. The first kappa shape index (κ1) is 13.3. The molecule has 104 valence electrons. The van der Waals surface area contributed by atoms with Gasteiger partial charge in [-0.2, -0.15) is 0 Å².